The predicted octanol–water partition coefficient (Wildman–Crippen LogP) is 4.03. The lowest BCUT2D eigenvalue weighted by atomic mass is 10.2. The first-order valence-electron chi connectivity index (χ1n) is 9.83. The van der Waals surface area contributed by atoms with Gasteiger partial charge in [-0.1, -0.05) is 17.7 Å². The van der Waals surface area contributed by atoms with E-state index in [0.29, 0.717) is 16.7 Å². The maximum atomic E-state index is 12.4. The van der Waals surface area contributed by atoms with Crippen LogP contribution in [0.25, 0.3) is 0 Å². The van der Waals surface area contributed by atoms with Crippen LogP contribution >= 0.6 is 11.6 Å². The van der Waals surface area contributed by atoms with Gasteiger partial charge in [0.15, 0.2) is 0 Å². The molecule has 1 saturated heterocycles. The highest BCUT2D eigenvalue weighted by Crippen LogP contribution is 2.50. The SMILES string of the molecule is CCOC(=O)c1cnc(N2CCCC23CC3)nc1OCc1ccc(OC)c(Cl)c1. The summed E-state index contributed by atoms with van der Waals surface area (Å²) in [6.45, 7) is 3.15. The molecule has 2 heterocycles. The summed E-state index contributed by atoms with van der Waals surface area (Å²) >= 11 is 6.20. The molecule has 0 N–H and O–H groups in total. The van der Waals surface area contributed by atoms with Gasteiger partial charge in [0.05, 0.1) is 24.9 Å². The van der Waals surface area contributed by atoms with Crippen molar-refractivity contribution < 1.29 is 19.0 Å². The van der Waals surface area contributed by atoms with Crippen LogP contribution in [0, 0.1) is 0 Å². The second-order valence-corrected chi connectivity index (χ2v) is 7.75. The van der Waals surface area contributed by atoms with Gasteiger partial charge in [0.25, 0.3) is 0 Å². The second-order valence-electron chi connectivity index (χ2n) is 7.35. The number of ether oxygens (including phenoxy) is 3. The Labute approximate surface area is 174 Å². The molecule has 154 valence electrons. The number of esters is 1. The van der Waals surface area contributed by atoms with E-state index < -0.39 is 5.97 Å². The predicted molar refractivity (Wildman–Crippen MR) is 109 cm³/mol. The number of benzene rings is 1. The lowest BCUT2D eigenvalue weighted by molar-refractivity contribution is 0.0519. The molecule has 0 unspecified atom stereocenters. The van der Waals surface area contributed by atoms with E-state index in [9.17, 15) is 4.79 Å². The van der Waals surface area contributed by atoms with Crippen LogP contribution in [0.4, 0.5) is 5.95 Å². The highest BCUT2D eigenvalue weighted by molar-refractivity contribution is 6.32. The zero-order valence-electron chi connectivity index (χ0n) is 16.6. The molecule has 8 heteroatoms. The fraction of sp³-hybridized carbons (Fsp3) is 0.476. The maximum absolute atomic E-state index is 12.4. The lowest BCUT2D eigenvalue weighted by Gasteiger charge is -2.24. The summed E-state index contributed by atoms with van der Waals surface area (Å²) in [5, 5.41) is 0.496. The maximum Gasteiger partial charge on any atom is 0.345 e. The van der Waals surface area contributed by atoms with Gasteiger partial charge in [0.1, 0.15) is 17.9 Å². The summed E-state index contributed by atoms with van der Waals surface area (Å²) in [6, 6.07) is 5.41. The van der Waals surface area contributed by atoms with Crippen LogP contribution in [0.3, 0.4) is 0 Å². The normalized spacial score (nSPS) is 16.7. The van der Waals surface area contributed by atoms with Crippen molar-refractivity contribution in [1.82, 2.24) is 9.97 Å². The van der Waals surface area contributed by atoms with E-state index in [1.54, 1.807) is 26.2 Å². The second kappa shape index (κ2) is 8.06. The third-order valence-electron chi connectivity index (χ3n) is 5.49. The Bertz CT molecular complexity index is 917. The molecule has 2 fully saturated rings. The van der Waals surface area contributed by atoms with Gasteiger partial charge in [-0.05, 0) is 50.3 Å². The van der Waals surface area contributed by atoms with Gasteiger partial charge < -0.3 is 19.1 Å². The number of rotatable bonds is 7. The molecule has 7 nitrogen and oxygen atoms in total. The summed E-state index contributed by atoms with van der Waals surface area (Å²) in [5.41, 5.74) is 1.26. The number of methoxy groups -OCH3 is 1. The van der Waals surface area contributed by atoms with Gasteiger partial charge >= 0.3 is 5.97 Å². The highest BCUT2D eigenvalue weighted by atomic mass is 35.5. The Morgan fingerprint density at radius 1 is 1.31 bits per heavy atom. The molecule has 29 heavy (non-hydrogen) atoms. The summed E-state index contributed by atoms with van der Waals surface area (Å²) in [6.07, 6.45) is 6.12. The molecular formula is C21H24ClN3O4. The Kier molecular flexibility index (Phi) is 5.50. The van der Waals surface area contributed by atoms with Crippen LogP contribution in [0.1, 0.15) is 48.5 Å². The Morgan fingerprint density at radius 3 is 2.83 bits per heavy atom. The first kappa shape index (κ1) is 19.8. The minimum Gasteiger partial charge on any atom is -0.495 e. The molecule has 1 aromatic heterocycles. The summed E-state index contributed by atoms with van der Waals surface area (Å²) < 4.78 is 16.2. The van der Waals surface area contributed by atoms with Crippen molar-refractivity contribution in [2.45, 2.75) is 44.8 Å². The van der Waals surface area contributed by atoms with Crippen molar-refractivity contribution in [1.29, 1.82) is 0 Å². The molecule has 0 atom stereocenters. The average Bonchev–Trinajstić information content (AvgIpc) is 3.37. The number of carbonyl (C=O) groups is 1. The molecule has 2 aliphatic rings. The number of halogens is 1. The van der Waals surface area contributed by atoms with E-state index in [2.05, 4.69) is 14.9 Å². The molecule has 2 aromatic rings. The monoisotopic (exact) mass is 417 g/mol. The molecule has 1 aromatic carbocycles. The number of anilines is 1. The third kappa shape index (κ3) is 3.96. The first-order valence-corrected chi connectivity index (χ1v) is 10.2. The minimum atomic E-state index is -0.496. The number of hydrogen-bond acceptors (Lipinski definition) is 7. The van der Waals surface area contributed by atoms with E-state index in [4.69, 9.17) is 25.8 Å². The molecule has 1 aliphatic heterocycles. The van der Waals surface area contributed by atoms with Crippen LogP contribution in [0.2, 0.25) is 5.02 Å². The first-order chi connectivity index (χ1) is 14.1. The van der Waals surface area contributed by atoms with Crippen LogP contribution in [0.5, 0.6) is 11.6 Å². The van der Waals surface area contributed by atoms with Crippen molar-refractivity contribution in [2.24, 2.45) is 0 Å². The summed E-state index contributed by atoms with van der Waals surface area (Å²) in [4.78, 5) is 23.6. The number of nitrogens with zero attached hydrogens (tertiary/aromatic N) is 3. The van der Waals surface area contributed by atoms with Gasteiger partial charge in [0, 0.05) is 12.1 Å². The molecule has 0 amide bonds. The molecule has 1 spiro atoms. The van der Waals surface area contributed by atoms with Gasteiger partial charge in [-0.2, -0.15) is 4.98 Å². The van der Waals surface area contributed by atoms with E-state index in [0.717, 1.165) is 37.8 Å². The molecular weight excluding hydrogens is 394 g/mol. The average molecular weight is 418 g/mol. The van der Waals surface area contributed by atoms with Crippen LogP contribution in [-0.2, 0) is 11.3 Å². The van der Waals surface area contributed by atoms with Gasteiger partial charge in [-0.25, -0.2) is 9.78 Å². The Hall–Kier alpha value is -2.54. The molecule has 0 bridgehead atoms. The van der Waals surface area contributed by atoms with Crippen molar-refractivity contribution in [3.8, 4) is 11.6 Å². The van der Waals surface area contributed by atoms with Crippen LogP contribution in [-0.4, -0.2) is 41.7 Å². The van der Waals surface area contributed by atoms with Gasteiger partial charge in [-0.15, -0.1) is 0 Å². The quantitative estimate of drug-likeness (QED) is 0.629. The third-order valence-corrected chi connectivity index (χ3v) is 5.79. The van der Waals surface area contributed by atoms with Crippen LogP contribution < -0.4 is 14.4 Å². The summed E-state index contributed by atoms with van der Waals surface area (Å²) in [7, 11) is 1.57. The molecule has 1 aliphatic carbocycles. The van der Waals surface area contributed by atoms with E-state index in [1.165, 1.54) is 6.20 Å². The topological polar surface area (TPSA) is 73.8 Å². The minimum absolute atomic E-state index is 0.201. The largest absolute Gasteiger partial charge is 0.495 e. The Balaban J connectivity index is 1.59. The smallest absolute Gasteiger partial charge is 0.345 e. The van der Waals surface area contributed by atoms with Gasteiger partial charge in [-0.3, -0.25) is 0 Å². The fourth-order valence-electron chi connectivity index (χ4n) is 3.81. The van der Waals surface area contributed by atoms with Crippen molar-refractivity contribution >= 4 is 23.5 Å². The molecule has 4 rings (SSSR count). The lowest BCUT2D eigenvalue weighted by Crippen LogP contribution is -2.32. The molecule has 0 radical (unpaired) electrons. The number of hydrogen-bond donors (Lipinski definition) is 0. The summed E-state index contributed by atoms with van der Waals surface area (Å²) in [5.74, 6) is 0.930. The fourth-order valence-corrected chi connectivity index (χ4v) is 4.09. The number of carbonyl (C=O) groups excluding carboxylic acids is 1. The highest BCUT2D eigenvalue weighted by Gasteiger charge is 2.51. The number of aromatic nitrogens is 2. The van der Waals surface area contributed by atoms with Crippen molar-refractivity contribution in [2.75, 3.05) is 25.2 Å². The zero-order chi connectivity index (χ0) is 20.4. The van der Waals surface area contributed by atoms with Gasteiger partial charge in [0.2, 0.25) is 11.8 Å². The standard InChI is InChI=1S/C21H24ClN3O4/c1-3-28-19(26)15-12-23-20(25-10-4-7-21(25)8-9-21)24-18(15)29-13-14-5-6-17(27-2)16(22)11-14/h5-6,11-12H,3-4,7-10,13H2,1-2H3. The van der Waals surface area contributed by atoms with E-state index in [1.807, 2.05) is 6.07 Å². The van der Waals surface area contributed by atoms with Crippen molar-refractivity contribution in [3.05, 3.63) is 40.5 Å². The van der Waals surface area contributed by atoms with Crippen molar-refractivity contribution in [3.63, 3.8) is 0 Å². The van der Waals surface area contributed by atoms with E-state index >= 15 is 0 Å². The Morgan fingerprint density at radius 2 is 2.14 bits per heavy atom. The molecule has 1 saturated carbocycles. The zero-order valence-corrected chi connectivity index (χ0v) is 17.4. The van der Waals surface area contributed by atoms with Crippen LogP contribution in [0.15, 0.2) is 24.4 Å². The van der Waals surface area contributed by atoms with E-state index in [-0.39, 0.29) is 30.2 Å².